The minimum Gasteiger partial charge on any atom is -0.252 e. The van der Waals surface area contributed by atoms with E-state index in [0.29, 0.717) is 5.52 Å². The van der Waals surface area contributed by atoms with Crippen LogP contribution < -0.4 is 0 Å². The first-order valence-electron chi connectivity index (χ1n) is 3.77. The van der Waals surface area contributed by atoms with Crippen LogP contribution in [0, 0.1) is 6.20 Å². The molecule has 0 saturated carbocycles. The van der Waals surface area contributed by atoms with Crippen LogP contribution in [0.5, 0.6) is 0 Å². The molecule has 0 saturated heterocycles. The lowest BCUT2D eigenvalue weighted by Crippen LogP contribution is -2.04. The van der Waals surface area contributed by atoms with Crippen molar-refractivity contribution in [3.63, 3.8) is 0 Å². The fraction of sp³-hybridized carbons (Fsp3) is 0.111. The van der Waals surface area contributed by atoms with E-state index in [2.05, 4.69) is 16.2 Å². The van der Waals surface area contributed by atoms with Gasteiger partial charge in [-0.2, -0.15) is 13.2 Å². The maximum atomic E-state index is 12.3. The molecule has 0 aliphatic rings. The van der Waals surface area contributed by atoms with E-state index in [1.165, 1.54) is 12.3 Å². The van der Waals surface area contributed by atoms with Gasteiger partial charge in [-0.25, -0.2) is 4.98 Å². The van der Waals surface area contributed by atoms with E-state index in [-0.39, 0.29) is 5.52 Å². The van der Waals surface area contributed by atoms with Crippen LogP contribution in [-0.4, -0.2) is 9.97 Å². The molecule has 0 unspecified atom stereocenters. The molecular weight excluding hydrogens is 193 g/mol. The molecule has 14 heavy (non-hydrogen) atoms. The molecule has 1 radical (unpaired) electrons. The highest BCUT2D eigenvalue weighted by molar-refractivity contribution is 5.74. The van der Waals surface area contributed by atoms with Gasteiger partial charge in [-0.05, 0) is 18.2 Å². The van der Waals surface area contributed by atoms with Gasteiger partial charge in [0.1, 0.15) is 6.20 Å². The third kappa shape index (κ3) is 1.53. The van der Waals surface area contributed by atoms with E-state index in [4.69, 9.17) is 0 Å². The Bertz CT molecular complexity index is 465. The first kappa shape index (κ1) is 8.93. The lowest BCUT2D eigenvalue weighted by atomic mass is 10.2. The monoisotopic (exact) mass is 197 g/mol. The van der Waals surface area contributed by atoms with Gasteiger partial charge in [0.05, 0.1) is 22.8 Å². The zero-order valence-corrected chi connectivity index (χ0v) is 6.84. The fourth-order valence-electron chi connectivity index (χ4n) is 1.10. The van der Waals surface area contributed by atoms with Crippen molar-refractivity contribution in [3.05, 3.63) is 36.2 Å². The number of rotatable bonds is 0. The normalized spacial score (nSPS) is 11.9. The lowest BCUT2D eigenvalue weighted by molar-refractivity contribution is -0.137. The van der Waals surface area contributed by atoms with Crippen molar-refractivity contribution in [2.45, 2.75) is 6.18 Å². The molecule has 0 bridgehead atoms. The summed E-state index contributed by atoms with van der Waals surface area (Å²) in [5.41, 5.74) is -0.0991. The molecule has 1 aromatic carbocycles. The largest absolute Gasteiger partial charge is 0.416 e. The average Bonchev–Trinajstić information content (AvgIpc) is 2.16. The van der Waals surface area contributed by atoms with Crippen LogP contribution in [0.3, 0.4) is 0 Å². The summed E-state index contributed by atoms with van der Waals surface area (Å²) in [4.78, 5) is 7.49. The maximum absolute atomic E-state index is 12.3. The molecule has 2 rings (SSSR count). The number of nitrogens with zero attached hydrogens (tertiary/aromatic N) is 2. The van der Waals surface area contributed by atoms with Gasteiger partial charge in [0.25, 0.3) is 0 Å². The zero-order valence-electron chi connectivity index (χ0n) is 6.84. The number of hydrogen-bond acceptors (Lipinski definition) is 2. The van der Waals surface area contributed by atoms with Crippen LogP contribution in [0.15, 0.2) is 24.4 Å². The Balaban J connectivity index is 2.63. The molecule has 71 valence electrons. The van der Waals surface area contributed by atoms with Gasteiger partial charge in [0.15, 0.2) is 0 Å². The third-order valence-electron chi connectivity index (χ3n) is 1.75. The molecule has 0 aliphatic heterocycles. The van der Waals surface area contributed by atoms with Gasteiger partial charge in [-0.3, -0.25) is 4.98 Å². The predicted octanol–water partition coefficient (Wildman–Crippen LogP) is 2.45. The Hall–Kier alpha value is -1.65. The molecule has 2 nitrogen and oxygen atoms in total. The van der Waals surface area contributed by atoms with E-state index in [1.807, 2.05) is 0 Å². The van der Waals surface area contributed by atoms with Crippen LogP contribution in [0.4, 0.5) is 13.2 Å². The minimum atomic E-state index is -4.34. The second kappa shape index (κ2) is 2.94. The van der Waals surface area contributed by atoms with Crippen molar-refractivity contribution in [1.29, 1.82) is 0 Å². The number of benzene rings is 1. The summed E-state index contributed by atoms with van der Waals surface area (Å²) in [7, 11) is 0. The smallest absolute Gasteiger partial charge is 0.252 e. The molecule has 0 aliphatic carbocycles. The van der Waals surface area contributed by atoms with Crippen LogP contribution in [0.25, 0.3) is 11.0 Å². The van der Waals surface area contributed by atoms with Gasteiger partial charge < -0.3 is 0 Å². The first-order chi connectivity index (χ1) is 6.57. The van der Waals surface area contributed by atoms with Crippen molar-refractivity contribution in [1.82, 2.24) is 9.97 Å². The maximum Gasteiger partial charge on any atom is 0.416 e. The number of fused-ring (bicyclic) bond motifs is 1. The molecule has 1 aromatic heterocycles. The van der Waals surface area contributed by atoms with Gasteiger partial charge >= 0.3 is 6.18 Å². The molecule has 1 heterocycles. The van der Waals surface area contributed by atoms with Crippen molar-refractivity contribution < 1.29 is 13.2 Å². The van der Waals surface area contributed by atoms with Crippen molar-refractivity contribution in [2.75, 3.05) is 0 Å². The summed E-state index contributed by atoms with van der Waals surface area (Å²) in [5.74, 6) is 0. The number of halogens is 3. The summed E-state index contributed by atoms with van der Waals surface area (Å²) in [5, 5.41) is 0. The highest BCUT2D eigenvalue weighted by atomic mass is 19.4. The highest BCUT2D eigenvalue weighted by Gasteiger charge is 2.30. The second-order valence-electron chi connectivity index (χ2n) is 2.70. The Morgan fingerprint density at radius 3 is 2.64 bits per heavy atom. The van der Waals surface area contributed by atoms with E-state index >= 15 is 0 Å². The lowest BCUT2D eigenvalue weighted by Gasteiger charge is -2.06. The second-order valence-corrected chi connectivity index (χ2v) is 2.70. The molecule has 0 N–H and O–H groups in total. The standard InChI is InChI=1S/C9H4F3N2/c10-9(11,12)6-1-2-7-8(5-6)14-4-3-13-7/h1-3,5H. The van der Waals surface area contributed by atoms with Crippen molar-refractivity contribution >= 4 is 11.0 Å². The van der Waals surface area contributed by atoms with E-state index in [1.54, 1.807) is 0 Å². The van der Waals surface area contributed by atoms with E-state index in [0.717, 1.165) is 12.1 Å². The summed E-state index contributed by atoms with van der Waals surface area (Å²) >= 11 is 0. The van der Waals surface area contributed by atoms with Crippen molar-refractivity contribution in [3.8, 4) is 0 Å². The topological polar surface area (TPSA) is 25.8 Å². The minimum absolute atomic E-state index is 0.197. The highest BCUT2D eigenvalue weighted by Crippen LogP contribution is 2.30. The Morgan fingerprint density at radius 2 is 1.93 bits per heavy atom. The summed E-state index contributed by atoms with van der Waals surface area (Å²) in [6.07, 6.45) is -0.641. The predicted molar refractivity (Wildman–Crippen MR) is 43.4 cm³/mol. The van der Waals surface area contributed by atoms with Crippen LogP contribution in [0.1, 0.15) is 5.56 Å². The molecule has 5 heteroatoms. The number of hydrogen-bond donors (Lipinski definition) is 0. The van der Waals surface area contributed by atoms with Gasteiger partial charge in [-0.15, -0.1) is 0 Å². The molecule has 2 aromatic rings. The number of aromatic nitrogens is 2. The average molecular weight is 197 g/mol. The molecular formula is C9H4F3N2. The van der Waals surface area contributed by atoms with Gasteiger partial charge in [-0.1, -0.05) is 0 Å². The van der Waals surface area contributed by atoms with Crippen LogP contribution >= 0.6 is 0 Å². The quantitative estimate of drug-likeness (QED) is 0.648. The summed E-state index contributed by atoms with van der Waals surface area (Å²) in [6, 6.07) is 3.23. The van der Waals surface area contributed by atoms with E-state index in [9.17, 15) is 13.2 Å². The fourth-order valence-corrected chi connectivity index (χ4v) is 1.10. The third-order valence-corrected chi connectivity index (χ3v) is 1.75. The Morgan fingerprint density at radius 1 is 1.14 bits per heavy atom. The van der Waals surface area contributed by atoms with Crippen LogP contribution in [-0.2, 0) is 6.18 Å². The first-order valence-corrected chi connectivity index (χ1v) is 3.77. The van der Waals surface area contributed by atoms with Gasteiger partial charge in [0.2, 0.25) is 0 Å². The Labute approximate surface area is 77.4 Å². The summed E-state index contributed by atoms with van der Waals surface area (Å²) < 4.78 is 36.8. The Kier molecular flexibility index (Phi) is 1.87. The molecule has 0 atom stereocenters. The van der Waals surface area contributed by atoms with Crippen molar-refractivity contribution in [2.24, 2.45) is 0 Å². The molecule has 0 spiro atoms. The molecule has 0 fully saturated rings. The van der Waals surface area contributed by atoms with Crippen LogP contribution in [0.2, 0.25) is 0 Å². The zero-order chi connectivity index (χ0) is 10.2. The number of alkyl halides is 3. The molecule has 0 amide bonds. The summed E-state index contributed by atoms with van der Waals surface area (Å²) in [6.45, 7) is 0. The van der Waals surface area contributed by atoms with Gasteiger partial charge in [0, 0.05) is 0 Å². The van der Waals surface area contributed by atoms with E-state index < -0.39 is 11.7 Å². The SMILES string of the molecule is FC(F)(F)c1ccc2nc[c]nc2c1.